The molecule has 0 amide bonds. The number of cyclic esters (lactones) is 1. The summed E-state index contributed by atoms with van der Waals surface area (Å²) in [5.74, 6) is -0.0893. The van der Waals surface area contributed by atoms with Gasteiger partial charge in [-0.05, 0) is 29.8 Å². The number of esters is 1. The summed E-state index contributed by atoms with van der Waals surface area (Å²) in [6.07, 6.45) is 1.71. The van der Waals surface area contributed by atoms with Gasteiger partial charge in [0.2, 0.25) is 5.90 Å². The molecule has 2 aromatic carbocycles. The lowest BCUT2D eigenvalue weighted by Crippen LogP contribution is -2.04. The van der Waals surface area contributed by atoms with Crippen molar-refractivity contribution in [3.63, 3.8) is 0 Å². The molecule has 0 aromatic heterocycles. The minimum Gasteiger partial charge on any atom is -0.402 e. The Morgan fingerprint density at radius 1 is 1.00 bits per heavy atom. The fraction of sp³-hybridized carbons (Fsp3) is 0. The standard InChI is InChI=1S/C16H10BrNO2/c17-13-9-5-4-8-12(13)10-14-16(19)20-15(18-14)11-6-2-1-3-7-11/h1-10H/b14-10-. The van der Waals surface area contributed by atoms with E-state index in [1.165, 1.54) is 0 Å². The highest BCUT2D eigenvalue weighted by atomic mass is 79.9. The molecule has 0 radical (unpaired) electrons. The van der Waals surface area contributed by atoms with Crippen LogP contribution in [0.25, 0.3) is 6.08 Å². The van der Waals surface area contributed by atoms with Gasteiger partial charge in [-0.1, -0.05) is 52.3 Å². The smallest absolute Gasteiger partial charge is 0.363 e. The van der Waals surface area contributed by atoms with E-state index in [0.717, 1.165) is 15.6 Å². The molecule has 0 saturated heterocycles. The van der Waals surface area contributed by atoms with E-state index in [4.69, 9.17) is 4.74 Å². The molecular weight excluding hydrogens is 318 g/mol. The molecule has 0 saturated carbocycles. The van der Waals surface area contributed by atoms with Crippen LogP contribution in [0, 0.1) is 0 Å². The molecule has 0 fully saturated rings. The minimum atomic E-state index is -0.431. The predicted octanol–water partition coefficient (Wildman–Crippen LogP) is 3.79. The van der Waals surface area contributed by atoms with Crippen molar-refractivity contribution in [2.45, 2.75) is 0 Å². The van der Waals surface area contributed by atoms with Crippen LogP contribution in [0.5, 0.6) is 0 Å². The van der Waals surface area contributed by atoms with Crippen molar-refractivity contribution < 1.29 is 9.53 Å². The summed E-state index contributed by atoms with van der Waals surface area (Å²) < 4.78 is 6.11. The number of rotatable bonds is 2. The van der Waals surface area contributed by atoms with Gasteiger partial charge in [-0.2, -0.15) is 0 Å². The maximum Gasteiger partial charge on any atom is 0.363 e. The highest BCUT2D eigenvalue weighted by Crippen LogP contribution is 2.23. The first kappa shape index (κ1) is 12.8. The lowest BCUT2D eigenvalue weighted by Gasteiger charge is -1.97. The van der Waals surface area contributed by atoms with Crippen LogP contribution >= 0.6 is 15.9 Å². The molecule has 0 aliphatic carbocycles. The number of halogens is 1. The van der Waals surface area contributed by atoms with Crippen molar-refractivity contribution >= 4 is 33.9 Å². The molecule has 0 unspecified atom stereocenters. The normalized spacial score (nSPS) is 16.1. The third-order valence-electron chi connectivity index (χ3n) is 2.84. The van der Waals surface area contributed by atoms with Gasteiger partial charge >= 0.3 is 5.97 Å². The van der Waals surface area contributed by atoms with E-state index in [0.29, 0.717) is 11.6 Å². The predicted molar refractivity (Wildman–Crippen MR) is 81.2 cm³/mol. The van der Waals surface area contributed by atoms with Crippen LogP contribution in [0.3, 0.4) is 0 Å². The summed E-state index contributed by atoms with van der Waals surface area (Å²) >= 11 is 3.44. The molecule has 0 N–H and O–H groups in total. The summed E-state index contributed by atoms with van der Waals surface area (Å²) in [6, 6.07) is 17.0. The highest BCUT2D eigenvalue weighted by molar-refractivity contribution is 9.10. The van der Waals surface area contributed by atoms with E-state index in [1.807, 2.05) is 54.6 Å². The number of hydrogen-bond acceptors (Lipinski definition) is 3. The van der Waals surface area contributed by atoms with Gasteiger partial charge in [0.25, 0.3) is 0 Å². The number of carbonyl (C=O) groups excluding carboxylic acids is 1. The molecule has 0 spiro atoms. The topological polar surface area (TPSA) is 38.7 Å². The van der Waals surface area contributed by atoms with E-state index >= 15 is 0 Å². The average Bonchev–Trinajstić information content (AvgIpc) is 2.84. The summed E-state index contributed by atoms with van der Waals surface area (Å²) in [5.41, 5.74) is 1.98. The quantitative estimate of drug-likeness (QED) is 0.621. The van der Waals surface area contributed by atoms with Crippen LogP contribution in [0.1, 0.15) is 11.1 Å². The lowest BCUT2D eigenvalue weighted by molar-refractivity contribution is -0.129. The lowest BCUT2D eigenvalue weighted by atomic mass is 10.2. The monoisotopic (exact) mass is 327 g/mol. The van der Waals surface area contributed by atoms with Gasteiger partial charge in [0.1, 0.15) is 0 Å². The van der Waals surface area contributed by atoms with Crippen molar-refractivity contribution in [1.82, 2.24) is 0 Å². The summed E-state index contributed by atoms with van der Waals surface area (Å²) in [5, 5.41) is 0. The zero-order valence-electron chi connectivity index (χ0n) is 10.4. The third-order valence-corrected chi connectivity index (χ3v) is 3.56. The summed E-state index contributed by atoms with van der Waals surface area (Å²) in [4.78, 5) is 16.1. The molecular formula is C16H10BrNO2. The second-order valence-electron chi connectivity index (χ2n) is 4.22. The first-order valence-electron chi connectivity index (χ1n) is 6.06. The van der Waals surface area contributed by atoms with Crippen LogP contribution in [0.2, 0.25) is 0 Å². The van der Waals surface area contributed by atoms with E-state index in [-0.39, 0.29) is 0 Å². The van der Waals surface area contributed by atoms with Gasteiger partial charge in [0.05, 0.1) is 0 Å². The van der Waals surface area contributed by atoms with Crippen molar-refractivity contribution in [3.8, 4) is 0 Å². The molecule has 3 rings (SSSR count). The van der Waals surface area contributed by atoms with E-state index in [2.05, 4.69) is 20.9 Å². The molecule has 1 aliphatic heterocycles. The Balaban J connectivity index is 1.97. The number of hydrogen-bond donors (Lipinski definition) is 0. The van der Waals surface area contributed by atoms with Gasteiger partial charge in [-0.3, -0.25) is 0 Å². The molecule has 0 bridgehead atoms. The minimum absolute atomic E-state index is 0.302. The Labute approximate surface area is 124 Å². The first-order valence-corrected chi connectivity index (χ1v) is 6.86. The molecule has 98 valence electrons. The Morgan fingerprint density at radius 2 is 1.70 bits per heavy atom. The van der Waals surface area contributed by atoms with Gasteiger partial charge in [-0.25, -0.2) is 9.79 Å². The number of aliphatic imine (C=N–C) groups is 1. The van der Waals surface area contributed by atoms with E-state index < -0.39 is 5.97 Å². The summed E-state index contributed by atoms with van der Waals surface area (Å²) in [6.45, 7) is 0. The maximum absolute atomic E-state index is 11.9. The number of ether oxygens (including phenoxy) is 1. The van der Waals surface area contributed by atoms with E-state index in [1.54, 1.807) is 6.08 Å². The van der Waals surface area contributed by atoms with Crippen molar-refractivity contribution in [3.05, 3.63) is 75.9 Å². The maximum atomic E-state index is 11.9. The number of carbonyl (C=O) groups is 1. The average molecular weight is 328 g/mol. The van der Waals surface area contributed by atoms with Crippen LogP contribution in [-0.2, 0) is 9.53 Å². The van der Waals surface area contributed by atoms with E-state index in [9.17, 15) is 4.79 Å². The fourth-order valence-corrected chi connectivity index (χ4v) is 2.25. The van der Waals surface area contributed by atoms with Gasteiger partial charge < -0.3 is 4.74 Å². The van der Waals surface area contributed by atoms with Crippen LogP contribution in [-0.4, -0.2) is 11.9 Å². The summed E-state index contributed by atoms with van der Waals surface area (Å²) in [7, 11) is 0. The SMILES string of the molecule is O=C1OC(c2ccccc2)=N/C1=C\c1ccccc1Br. The van der Waals surface area contributed by atoms with Crippen molar-refractivity contribution in [2.75, 3.05) is 0 Å². The Hall–Kier alpha value is -2.20. The second-order valence-corrected chi connectivity index (χ2v) is 5.08. The molecule has 4 heteroatoms. The zero-order valence-corrected chi connectivity index (χ0v) is 12.0. The molecule has 1 aliphatic rings. The largest absolute Gasteiger partial charge is 0.402 e. The first-order chi connectivity index (χ1) is 9.74. The molecule has 1 heterocycles. The van der Waals surface area contributed by atoms with Gasteiger partial charge in [0, 0.05) is 10.0 Å². The Kier molecular flexibility index (Phi) is 3.48. The Morgan fingerprint density at radius 3 is 2.45 bits per heavy atom. The third kappa shape index (κ3) is 2.56. The van der Waals surface area contributed by atoms with Crippen molar-refractivity contribution in [1.29, 1.82) is 0 Å². The molecule has 3 nitrogen and oxygen atoms in total. The molecule has 20 heavy (non-hydrogen) atoms. The van der Waals surface area contributed by atoms with Gasteiger partial charge in [0.15, 0.2) is 5.70 Å². The van der Waals surface area contributed by atoms with Crippen molar-refractivity contribution in [2.24, 2.45) is 4.99 Å². The molecule has 2 aromatic rings. The highest BCUT2D eigenvalue weighted by Gasteiger charge is 2.24. The second kappa shape index (κ2) is 5.43. The van der Waals surface area contributed by atoms with Gasteiger partial charge in [-0.15, -0.1) is 0 Å². The van der Waals surface area contributed by atoms with Crippen LogP contribution < -0.4 is 0 Å². The molecule has 0 atom stereocenters. The Bertz CT molecular complexity index is 720. The number of nitrogens with zero attached hydrogens (tertiary/aromatic N) is 1. The van der Waals surface area contributed by atoms with Crippen LogP contribution in [0.15, 0.2) is 69.8 Å². The van der Waals surface area contributed by atoms with Crippen LogP contribution in [0.4, 0.5) is 0 Å². The zero-order chi connectivity index (χ0) is 13.9. The fourth-order valence-electron chi connectivity index (χ4n) is 1.85. The number of benzene rings is 2.